The highest BCUT2D eigenvalue weighted by Gasteiger charge is 2.29. The van der Waals surface area contributed by atoms with Crippen molar-refractivity contribution in [3.63, 3.8) is 0 Å². The molecule has 1 aliphatic carbocycles. The van der Waals surface area contributed by atoms with E-state index in [9.17, 15) is 4.79 Å². The molecule has 25 heavy (non-hydrogen) atoms. The standard InChI is InChI=1S/C17H23N5OS2/c1-11-9-24-17(20-11)25-14-4-2-13(3-5-14)21-16(23)12-6-7-22-15(8-12)18-10-19-22/h9-10,12-14H,2-8H2,1H3,(H,21,23). The van der Waals surface area contributed by atoms with E-state index in [0.29, 0.717) is 17.7 Å². The molecule has 134 valence electrons. The van der Waals surface area contributed by atoms with Crippen LogP contribution in [0.15, 0.2) is 16.0 Å². The summed E-state index contributed by atoms with van der Waals surface area (Å²) in [6.07, 6.45) is 7.57. The summed E-state index contributed by atoms with van der Waals surface area (Å²) in [5.74, 6) is 1.17. The zero-order valence-electron chi connectivity index (χ0n) is 14.4. The van der Waals surface area contributed by atoms with E-state index in [0.717, 1.165) is 50.2 Å². The zero-order valence-corrected chi connectivity index (χ0v) is 16.0. The number of carbonyl (C=O) groups excluding carboxylic acids is 1. The number of aryl methyl sites for hydroxylation is 2. The van der Waals surface area contributed by atoms with Crippen molar-refractivity contribution in [3.05, 3.63) is 23.2 Å². The molecule has 3 heterocycles. The highest BCUT2D eigenvalue weighted by Crippen LogP contribution is 2.35. The van der Waals surface area contributed by atoms with Gasteiger partial charge in [-0.2, -0.15) is 5.10 Å². The van der Waals surface area contributed by atoms with Gasteiger partial charge in [-0.1, -0.05) is 11.8 Å². The third-order valence-electron chi connectivity index (χ3n) is 5.07. The Hall–Kier alpha value is -1.41. The van der Waals surface area contributed by atoms with Crippen LogP contribution in [0.5, 0.6) is 0 Å². The van der Waals surface area contributed by atoms with Crippen LogP contribution in [0.25, 0.3) is 0 Å². The molecule has 1 aliphatic heterocycles. The number of fused-ring (bicyclic) bond motifs is 1. The molecule has 0 aromatic carbocycles. The fourth-order valence-electron chi connectivity index (χ4n) is 3.63. The predicted octanol–water partition coefficient (Wildman–Crippen LogP) is 2.83. The van der Waals surface area contributed by atoms with Crippen LogP contribution in [0.3, 0.4) is 0 Å². The Morgan fingerprint density at radius 1 is 1.32 bits per heavy atom. The molecule has 0 radical (unpaired) electrons. The first-order chi connectivity index (χ1) is 12.2. The molecule has 1 unspecified atom stereocenters. The van der Waals surface area contributed by atoms with Crippen LogP contribution in [0.2, 0.25) is 0 Å². The number of hydrogen-bond acceptors (Lipinski definition) is 6. The Balaban J connectivity index is 1.24. The molecular weight excluding hydrogens is 354 g/mol. The topological polar surface area (TPSA) is 72.7 Å². The van der Waals surface area contributed by atoms with Crippen LogP contribution in [-0.2, 0) is 17.8 Å². The molecule has 1 N–H and O–H groups in total. The lowest BCUT2D eigenvalue weighted by molar-refractivity contribution is -0.126. The smallest absolute Gasteiger partial charge is 0.223 e. The van der Waals surface area contributed by atoms with Crippen LogP contribution in [0, 0.1) is 12.8 Å². The molecular formula is C17H23N5OS2. The summed E-state index contributed by atoms with van der Waals surface area (Å²) >= 11 is 3.64. The molecule has 1 atom stereocenters. The van der Waals surface area contributed by atoms with Crippen LogP contribution < -0.4 is 5.32 Å². The minimum atomic E-state index is 0.0436. The lowest BCUT2D eigenvalue weighted by Crippen LogP contribution is -2.43. The maximum atomic E-state index is 12.6. The van der Waals surface area contributed by atoms with Crippen molar-refractivity contribution in [3.8, 4) is 0 Å². The first-order valence-corrected chi connectivity index (χ1v) is 10.7. The predicted molar refractivity (Wildman–Crippen MR) is 98.7 cm³/mol. The summed E-state index contributed by atoms with van der Waals surface area (Å²) in [4.78, 5) is 21.4. The Bertz CT molecular complexity index is 735. The van der Waals surface area contributed by atoms with Crippen molar-refractivity contribution in [2.24, 2.45) is 5.92 Å². The van der Waals surface area contributed by atoms with Gasteiger partial charge in [-0.15, -0.1) is 11.3 Å². The van der Waals surface area contributed by atoms with Crippen molar-refractivity contribution in [1.29, 1.82) is 0 Å². The first kappa shape index (κ1) is 17.0. The molecule has 2 aromatic rings. The molecule has 6 nitrogen and oxygen atoms in total. The maximum Gasteiger partial charge on any atom is 0.223 e. The van der Waals surface area contributed by atoms with E-state index in [4.69, 9.17) is 0 Å². The largest absolute Gasteiger partial charge is 0.353 e. The monoisotopic (exact) mass is 377 g/mol. The summed E-state index contributed by atoms with van der Waals surface area (Å²) in [7, 11) is 0. The van der Waals surface area contributed by atoms with Gasteiger partial charge in [-0.25, -0.2) is 9.97 Å². The van der Waals surface area contributed by atoms with Crippen molar-refractivity contribution >= 4 is 29.0 Å². The van der Waals surface area contributed by atoms with Gasteiger partial charge >= 0.3 is 0 Å². The van der Waals surface area contributed by atoms with Gasteiger partial charge in [0, 0.05) is 41.2 Å². The van der Waals surface area contributed by atoms with Gasteiger partial charge in [0.05, 0.1) is 0 Å². The Morgan fingerprint density at radius 3 is 2.92 bits per heavy atom. The number of nitrogens with one attached hydrogen (secondary N) is 1. The van der Waals surface area contributed by atoms with Crippen LogP contribution in [-0.4, -0.2) is 36.9 Å². The summed E-state index contributed by atoms with van der Waals surface area (Å²) in [5.41, 5.74) is 1.11. The third-order valence-corrected chi connectivity index (χ3v) is 7.50. The summed E-state index contributed by atoms with van der Waals surface area (Å²) in [5, 5.41) is 10.2. The van der Waals surface area contributed by atoms with E-state index in [-0.39, 0.29) is 11.8 Å². The molecule has 8 heteroatoms. The fraction of sp³-hybridized carbons (Fsp3) is 0.647. The van der Waals surface area contributed by atoms with Crippen LogP contribution in [0.1, 0.15) is 43.6 Å². The van der Waals surface area contributed by atoms with Gasteiger partial charge in [0.15, 0.2) is 0 Å². The second kappa shape index (κ2) is 7.45. The molecule has 1 saturated carbocycles. The highest BCUT2D eigenvalue weighted by atomic mass is 32.2. The Kier molecular flexibility index (Phi) is 5.08. The molecule has 0 saturated heterocycles. The van der Waals surface area contributed by atoms with Gasteiger partial charge in [-0.05, 0) is 39.0 Å². The van der Waals surface area contributed by atoms with Gasteiger partial charge < -0.3 is 5.32 Å². The minimum absolute atomic E-state index is 0.0436. The Labute approximate surface area is 155 Å². The molecule has 0 spiro atoms. The van der Waals surface area contributed by atoms with Gasteiger partial charge in [-0.3, -0.25) is 9.48 Å². The van der Waals surface area contributed by atoms with Gasteiger partial charge in [0.2, 0.25) is 5.91 Å². The lowest BCUT2D eigenvalue weighted by Gasteiger charge is -2.30. The number of hydrogen-bond donors (Lipinski definition) is 1. The number of carbonyl (C=O) groups is 1. The fourth-order valence-corrected chi connectivity index (χ4v) is 5.92. The number of rotatable bonds is 4. The summed E-state index contributed by atoms with van der Waals surface area (Å²) in [6, 6.07) is 0.321. The molecule has 2 aliphatic rings. The van der Waals surface area contributed by atoms with Crippen LogP contribution in [0.4, 0.5) is 0 Å². The minimum Gasteiger partial charge on any atom is -0.353 e. The number of thioether (sulfide) groups is 1. The molecule has 1 amide bonds. The Morgan fingerprint density at radius 2 is 2.16 bits per heavy atom. The highest BCUT2D eigenvalue weighted by molar-refractivity contribution is 8.01. The normalized spacial score (nSPS) is 26.2. The van der Waals surface area contributed by atoms with E-state index in [2.05, 4.69) is 25.8 Å². The number of nitrogens with zero attached hydrogens (tertiary/aromatic N) is 4. The molecule has 2 aromatic heterocycles. The molecule has 1 fully saturated rings. The average Bonchev–Trinajstić information content (AvgIpc) is 3.24. The molecule has 0 bridgehead atoms. The second-order valence-corrected chi connectivity index (χ2v) is 9.35. The van der Waals surface area contributed by atoms with Crippen molar-refractivity contribution in [2.75, 3.05) is 0 Å². The van der Waals surface area contributed by atoms with E-state index in [1.54, 1.807) is 17.7 Å². The number of thiazole rings is 1. The summed E-state index contributed by atoms with van der Waals surface area (Å²) in [6.45, 7) is 2.84. The second-order valence-electron chi connectivity index (χ2n) is 6.94. The number of aromatic nitrogens is 4. The zero-order chi connectivity index (χ0) is 17.2. The van der Waals surface area contributed by atoms with Gasteiger partial charge in [0.25, 0.3) is 0 Å². The first-order valence-electron chi connectivity index (χ1n) is 8.93. The summed E-state index contributed by atoms with van der Waals surface area (Å²) < 4.78 is 3.09. The van der Waals surface area contributed by atoms with Crippen LogP contribution >= 0.6 is 23.1 Å². The van der Waals surface area contributed by atoms with Gasteiger partial charge in [0.1, 0.15) is 16.5 Å². The quantitative estimate of drug-likeness (QED) is 0.887. The third kappa shape index (κ3) is 4.06. The molecule has 4 rings (SSSR count). The van der Waals surface area contributed by atoms with E-state index in [1.807, 2.05) is 23.4 Å². The SMILES string of the molecule is Cc1csc(SC2CCC(NC(=O)C3CCn4ncnc4C3)CC2)n1. The van der Waals surface area contributed by atoms with E-state index >= 15 is 0 Å². The lowest BCUT2D eigenvalue weighted by atomic mass is 9.92. The van der Waals surface area contributed by atoms with E-state index < -0.39 is 0 Å². The maximum absolute atomic E-state index is 12.6. The van der Waals surface area contributed by atoms with Crippen molar-refractivity contribution in [2.45, 2.75) is 67.6 Å². The van der Waals surface area contributed by atoms with Crippen molar-refractivity contribution < 1.29 is 4.79 Å². The number of amides is 1. The average molecular weight is 378 g/mol. The van der Waals surface area contributed by atoms with E-state index in [1.165, 1.54) is 4.34 Å². The van der Waals surface area contributed by atoms with Crippen molar-refractivity contribution in [1.82, 2.24) is 25.1 Å².